The van der Waals surface area contributed by atoms with Crippen LogP contribution in [0.5, 0.6) is 0 Å². The molecule has 2 rings (SSSR count). The molecule has 90 valence electrons. The molecule has 0 saturated heterocycles. The fourth-order valence-electron chi connectivity index (χ4n) is 1.95. The van der Waals surface area contributed by atoms with Gasteiger partial charge in [-0.15, -0.1) is 11.3 Å². The third kappa shape index (κ3) is 2.86. The normalized spacial score (nSPS) is 10.7. The minimum atomic E-state index is 0.692. The smallest absolute Gasteiger partial charge is 0.180 e. The maximum Gasteiger partial charge on any atom is 0.180 e. The number of benzene rings is 1. The second kappa shape index (κ2) is 5.32. The third-order valence-electron chi connectivity index (χ3n) is 2.89. The van der Waals surface area contributed by atoms with Crippen molar-refractivity contribution in [2.45, 2.75) is 33.1 Å². The maximum absolute atomic E-state index is 5.81. The Labute approximate surface area is 107 Å². The van der Waals surface area contributed by atoms with Crippen LogP contribution in [0.25, 0.3) is 0 Å². The number of rotatable bonds is 4. The summed E-state index contributed by atoms with van der Waals surface area (Å²) in [6, 6.07) is 8.50. The van der Waals surface area contributed by atoms with E-state index >= 15 is 0 Å². The number of aryl methyl sites for hydroxylation is 2. The summed E-state index contributed by atoms with van der Waals surface area (Å²) in [7, 11) is 0. The van der Waals surface area contributed by atoms with Gasteiger partial charge in [0.2, 0.25) is 0 Å². The third-order valence-corrected chi connectivity index (χ3v) is 3.82. The van der Waals surface area contributed by atoms with Gasteiger partial charge in [0.25, 0.3) is 0 Å². The molecular weight excluding hydrogens is 228 g/mol. The van der Waals surface area contributed by atoms with E-state index < -0.39 is 0 Å². The summed E-state index contributed by atoms with van der Waals surface area (Å²) in [5.41, 5.74) is 9.69. The first-order valence-corrected chi connectivity index (χ1v) is 6.81. The molecule has 2 N–H and O–H groups in total. The Hall–Kier alpha value is -1.35. The van der Waals surface area contributed by atoms with Gasteiger partial charge in [-0.05, 0) is 24.5 Å². The first-order valence-electron chi connectivity index (χ1n) is 5.99. The minimum absolute atomic E-state index is 0.692. The molecule has 0 amide bonds. The van der Waals surface area contributed by atoms with Crippen molar-refractivity contribution in [3.8, 4) is 0 Å². The average molecular weight is 246 g/mol. The van der Waals surface area contributed by atoms with Crippen LogP contribution in [0.4, 0.5) is 5.13 Å². The molecule has 0 aliphatic rings. The molecule has 2 aromatic rings. The van der Waals surface area contributed by atoms with Crippen molar-refractivity contribution in [3.05, 3.63) is 46.0 Å². The fourth-order valence-corrected chi connectivity index (χ4v) is 2.86. The zero-order valence-corrected chi connectivity index (χ0v) is 11.2. The van der Waals surface area contributed by atoms with Crippen molar-refractivity contribution in [1.82, 2.24) is 4.98 Å². The van der Waals surface area contributed by atoms with Crippen molar-refractivity contribution in [1.29, 1.82) is 0 Å². The Balaban J connectivity index is 2.26. The van der Waals surface area contributed by atoms with Gasteiger partial charge in [-0.25, -0.2) is 4.98 Å². The zero-order valence-electron chi connectivity index (χ0n) is 10.4. The van der Waals surface area contributed by atoms with Gasteiger partial charge in [0.1, 0.15) is 0 Å². The van der Waals surface area contributed by atoms with Crippen LogP contribution in [0.15, 0.2) is 24.3 Å². The summed E-state index contributed by atoms with van der Waals surface area (Å²) in [6.07, 6.45) is 3.09. The molecule has 0 atom stereocenters. The molecule has 1 heterocycles. The highest BCUT2D eigenvalue weighted by atomic mass is 32.1. The lowest BCUT2D eigenvalue weighted by Crippen LogP contribution is -1.94. The Morgan fingerprint density at radius 1 is 1.29 bits per heavy atom. The summed E-state index contributed by atoms with van der Waals surface area (Å²) in [5.74, 6) is 0. The van der Waals surface area contributed by atoms with Crippen molar-refractivity contribution < 1.29 is 0 Å². The summed E-state index contributed by atoms with van der Waals surface area (Å²) >= 11 is 1.62. The number of aromatic nitrogens is 1. The van der Waals surface area contributed by atoms with E-state index in [1.807, 2.05) is 0 Å². The molecule has 17 heavy (non-hydrogen) atoms. The molecule has 0 unspecified atom stereocenters. The highest BCUT2D eigenvalue weighted by Crippen LogP contribution is 2.25. The van der Waals surface area contributed by atoms with Gasteiger partial charge in [-0.1, -0.05) is 37.6 Å². The number of nitrogens with zero attached hydrogens (tertiary/aromatic N) is 1. The van der Waals surface area contributed by atoms with Crippen LogP contribution < -0.4 is 5.73 Å². The lowest BCUT2D eigenvalue weighted by atomic mass is 10.0. The van der Waals surface area contributed by atoms with E-state index in [1.54, 1.807) is 11.3 Å². The predicted molar refractivity (Wildman–Crippen MR) is 74.5 cm³/mol. The first kappa shape index (κ1) is 12.1. The van der Waals surface area contributed by atoms with Gasteiger partial charge in [-0.2, -0.15) is 0 Å². The largest absolute Gasteiger partial charge is 0.375 e. The van der Waals surface area contributed by atoms with Crippen LogP contribution in [0, 0.1) is 6.92 Å². The number of thiazole rings is 1. The molecule has 1 aromatic carbocycles. The minimum Gasteiger partial charge on any atom is -0.375 e. The van der Waals surface area contributed by atoms with Gasteiger partial charge in [0.05, 0.1) is 5.69 Å². The molecule has 0 spiro atoms. The number of nitrogens with two attached hydrogens (primary N) is 1. The van der Waals surface area contributed by atoms with E-state index in [1.165, 1.54) is 21.7 Å². The number of anilines is 1. The van der Waals surface area contributed by atoms with E-state index in [-0.39, 0.29) is 0 Å². The highest BCUT2D eigenvalue weighted by Gasteiger charge is 2.10. The number of hydrogen-bond acceptors (Lipinski definition) is 3. The molecule has 0 saturated carbocycles. The molecule has 1 aromatic heterocycles. The predicted octanol–water partition coefficient (Wildman–Crippen LogP) is 3.58. The molecule has 0 radical (unpaired) electrons. The van der Waals surface area contributed by atoms with Crippen LogP contribution in [-0.2, 0) is 12.8 Å². The maximum atomic E-state index is 5.81. The Morgan fingerprint density at radius 2 is 2.06 bits per heavy atom. The van der Waals surface area contributed by atoms with E-state index in [9.17, 15) is 0 Å². The average Bonchev–Trinajstić information content (AvgIpc) is 2.63. The first-order chi connectivity index (χ1) is 8.20. The zero-order chi connectivity index (χ0) is 12.3. The lowest BCUT2D eigenvalue weighted by Gasteiger charge is -2.05. The van der Waals surface area contributed by atoms with Crippen molar-refractivity contribution in [3.63, 3.8) is 0 Å². The molecule has 3 heteroatoms. The molecular formula is C14H18N2S. The fraction of sp³-hybridized carbons (Fsp3) is 0.357. The molecule has 0 aliphatic heterocycles. The number of hydrogen-bond donors (Lipinski definition) is 1. The van der Waals surface area contributed by atoms with Gasteiger partial charge in [0, 0.05) is 11.3 Å². The molecule has 0 fully saturated rings. The van der Waals surface area contributed by atoms with E-state index in [0.717, 1.165) is 19.3 Å². The molecule has 2 nitrogen and oxygen atoms in total. The summed E-state index contributed by atoms with van der Waals surface area (Å²) in [6.45, 7) is 4.33. The van der Waals surface area contributed by atoms with Crippen molar-refractivity contribution >= 4 is 16.5 Å². The van der Waals surface area contributed by atoms with Crippen LogP contribution >= 0.6 is 11.3 Å². The standard InChI is InChI=1S/C14H18N2S/c1-3-6-12-13(17-14(15)16-12)9-11-8-5-4-7-10(11)2/h4-5,7-8H,3,6,9H2,1-2H3,(H2,15,16). The van der Waals surface area contributed by atoms with Crippen LogP contribution in [-0.4, -0.2) is 4.98 Å². The van der Waals surface area contributed by atoms with Gasteiger partial charge in [-0.3, -0.25) is 0 Å². The van der Waals surface area contributed by atoms with E-state index in [2.05, 4.69) is 43.1 Å². The number of nitrogen functional groups attached to an aromatic ring is 1. The summed E-state index contributed by atoms with van der Waals surface area (Å²) in [4.78, 5) is 5.74. The Morgan fingerprint density at radius 3 is 2.76 bits per heavy atom. The Kier molecular flexibility index (Phi) is 3.79. The monoisotopic (exact) mass is 246 g/mol. The van der Waals surface area contributed by atoms with E-state index in [4.69, 9.17) is 5.73 Å². The summed E-state index contributed by atoms with van der Waals surface area (Å²) < 4.78 is 0. The van der Waals surface area contributed by atoms with Crippen LogP contribution in [0.1, 0.15) is 35.0 Å². The van der Waals surface area contributed by atoms with Gasteiger partial charge >= 0.3 is 0 Å². The second-order valence-corrected chi connectivity index (χ2v) is 5.39. The van der Waals surface area contributed by atoms with Gasteiger partial charge < -0.3 is 5.73 Å². The lowest BCUT2D eigenvalue weighted by molar-refractivity contribution is 0.879. The molecule has 0 bridgehead atoms. The van der Waals surface area contributed by atoms with Crippen LogP contribution in [0.3, 0.4) is 0 Å². The topological polar surface area (TPSA) is 38.9 Å². The second-order valence-electron chi connectivity index (χ2n) is 4.28. The Bertz CT molecular complexity index is 503. The quantitative estimate of drug-likeness (QED) is 0.895. The van der Waals surface area contributed by atoms with Crippen LogP contribution in [0.2, 0.25) is 0 Å². The molecule has 0 aliphatic carbocycles. The SMILES string of the molecule is CCCc1nc(N)sc1Cc1ccccc1C. The van der Waals surface area contributed by atoms with Gasteiger partial charge in [0.15, 0.2) is 5.13 Å². The van der Waals surface area contributed by atoms with Crippen molar-refractivity contribution in [2.24, 2.45) is 0 Å². The van der Waals surface area contributed by atoms with Crippen molar-refractivity contribution in [2.75, 3.05) is 5.73 Å². The van der Waals surface area contributed by atoms with E-state index in [0.29, 0.717) is 5.13 Å². The summed E-state index contributed by atoms with van der Waals surface area (Å²) in [5, 5.41) is 0.692. The highest BCUT2D eigenvalue weighted by molar-refractivity contribution is 7.15.